The molecule has 0 radical (unpaired) electrons. The number of carbonyl (C=O) groups is 2. The quantitative estimate of drug-likeness (QED) is 0.0211. The van der Waals surface area contributed by atoms with E-state index in [2.05, 4.69) is 74.6 Å². The number of likely N-dealkylation sites (N-methyl/N-ethyl adjacent to an activating group) is 1. The summed E-state index contributed by atoms with van der Waals surface area (Å²) in [6.45, 7) is 4.23. The van der Waals surface area contributed by atoms with Gasteiger partial charge in [-0.1, -0.05) is 248 Å². The van der Waals surface area contributed by atoms with Crippen molar-refractivity contribution in [2.75, 3.05) is 47.5 Å². The molecule has 408 valence electrons. The number of allylic oxidation sites excluding steroid dienone is 10. The van der Waals surface area contributed by atoms with Crippen LogP contribution in [0.2, 0.25) is 0 Å². The molecule has 10 heteroatoms. The van der Waals surface area contributed by atoms with Gasteiger partial charge in [-0.25, -0.2) is 4.57 Å². The first-order valence-corrected chi connectivity index (χ1v) is 30.5. The fourth-order valence-corrected chi connectivity index (χ4v) is 8.84. The van der Waals surface area contributed by atoms with E-state index in [4.69, 9.17) is 18.5 Å². The van der Waals surface area contributed by atoms with Gasteiger partial charge in [0.15, 0.2) is 6.10 Å². The summed E-state index contributed by atoms with van der Waals surface area (Å²) in [6, 6.07) is 0. The van der Waals surface area contributed by atoms with Gasteiger partial charge in [0.1, 0.15) is 19.8 Å². The first-order chi connectivity index (χ1) is 34.0. The molecule has 0 rings (SSSR count). The minimum Gasteiger partial charge on any atom is -0.462 e. The molecule has 70 heavy (non-hydrogen) atoms. The standard InChI is InChI=1S/C60H110NO8P/c1-6-8-10-12-13-14-15-16-17-18-19-20-21-22-23-24-25-26-27-28-29-30-31-32-33-34-35-36-37-38-39-40-41-42-43-44-45-46-47-49-51-53-60(63)69-58(56-66-59(62)52-50-48-11-9-7-2)57-68-70(64,65)67-55-54-61(3,4)5/h8,10,13-14,16-17,19-20,22-23,58H,6-7,9,11-12,15,18,21,24-57H2,1-5H3/p+1/b10-8-,14-13-,17-16-,20-19-,23-22-. The molecule has 0 aliphatic rings. The van der Waals surface area contributed by atoms with Crippen molar-refractivity contribution in [2.24, 2.45) is 0 Å². The molecular formula is C60H111NO8P+. The molecule has 0 aromatic rings. The van der Waals surface area contributed by atoms with E-state index >= 15 is 0 Å². The van der Waals surface area contributed by atoms with Gasteiger partial charge in [0.05, 0.1) is 27.7 Å². The zero-order valence-corrected chi connectivity index (χ0v) is 47.1. The largest absolute Gasteiger partial charge is 0.472 e. The summed E-state index contributed by atoms with van der Waals surface area (Å²) >= 11 is 0. The van der Waals surface area contributed by atoms with Crippen molar-refractivity contribution in [3.63, 3.8) is 0 Å². The van der Waals surface area contributed by atoms with Crippen LogP contribution in [0.5, 0.6) is 0 Å². The molecule has 1 N–H and O–H groups in total. The lowest BCUT2D eigenvalue weighted by Gasteiger charge is -2.24. The highest BCUT2D eigenvalue weighted by atomic mass is 31.2. The summed E-state index contributed by atoms with van der Waals surface area (Å²) in [4.78, 5) is 35.2. The van der Waals surface area contributed by atoms with Crippen molar-refractivity contribution in [2.45, 2.75) is 264 Å². The van der Waals surface area contributed by atoms with Crippen LogP contribution in [-0.2, 0) is 32.7 Å². The van der Waals surface area contributed by atoms with Gasteiger partial charge < -0.3 is 18.9 Å². The molecule has 0 amide bonds. The lowest BCUT2D eigenvalue weighted by molar-refractivity contribution is -0.870. The molecule has 2 unspecified atom stereocenters. The molecule has 0 aliphatic heterocycles. The maximum absolute atomic E-state index is 12.7. The summed E-state index contributed by atoms with van der Waals surface area (Å²) in [5, 5.41) is 0. The van der Waals surface area contributed by atoms with E-state index in [1.807, 2.05) is 21.1 Å². The minimum atomic E-state index is -4.37. The number of carbonyl (C=O) groups excluding carboxylic acids is 2. The Labute approximate surface area is 432 Å². The topological polar surface area (TPSA) is 108 Å². The highest BCUT2D eigenvalue weighted by molar-refractivity contribution is 7.47. The number of esters is 2. The van der Waals surface area contributed by atoms with Gasteiger partial charge in [-0.15, -0.1) is 0 Å². The van der Waals surface area contributed by atoms with Crippen LogP contribution in [0, 0.1) is 0 Å². The van der Waals surface area contributed by atoms with E-state index in [-0.39, 0.29) is 32.0 Å². The molecule has 0 aliphatic carbocycles. The molecule has 0 heterocycles. The third-order valence-electron chi connectivity index (χ3n) is 12.6. The lowest BCUT2D eigenvalue weighted by atomic mass is 10.0. The first-order valence-electron chi connectivity index (χ1n) is 29.0. The average molecular weight is 1010 g/mol. The van der Waals surface area contributed by atoms with Crippen molar-refractivity contribution in [1.29, 1.82) is 0 Å². The van der Waals surface area contributed by atoms with E-state index in [0.29, 0.717) is 17.4 Å². The molecule has 0 fully saturated rings. The zero-order valence-electron chi connectivity index (χ0n) is 46.2. The van der Waals surface area contributed by atoms with E-state index in [0.717, 1.165) is 77.0 Å². The van der Waals surface area contributed by atoms with Crippen LogP contribution in [0.25, 0.3) is 0 Å². The summed E-state index contributed by atoms with van der Waals surface area (Å²) in [6.07, 6.45) is 66.7. The molecule has 2 atom stereocenters. The van der Waals surface area contributed by atoms with Crippen LogP contribution in [0.1, 0.15) is 258 Å². The van der Waals surface area contributed by atoms with Crippen LogP contribution in [0.3, 0.4) is 0 Å². The second-order valence-electron chi connectivity index (χ2n) is 20.7. The second kappa shape index (κ2) is 51.6. The van der Waals surface area contributed by atoms with Gasteiger partial charge in [-0.2, -0.15) is 0 Å². The van der Waals surface area contributed by atoms with Crippen molar-refractivity contribution < 1.29 is 42.1 Å². The lowest BCUT2D eigenvalue weighted by Crippen LogP contribution is -2.37. The number of phosphoric ester groups is 1. The average Bonchev–Trinajstić information content (AvgIpc) is 3.32. The Kier molecular flexibility index (Phi) is 49.9. The van der Waals surface area contributed by atoms with E-state index in [9.17, 15) is 19.0 Å². The maximum atomic E-state index is 12.7. The van der Waals surface area contributed by atoms with Crippen LogP contribution >= 0.6 is 7.82 Å². The second-order valence-corrected chi connectivity index (χ2v) is 22.1. The number of unbranched alkanes of at least 4 members (excludes halogenated alkanes) is 29. The molecular weight excluding hydrogens is 894 g/mol. The third kappa shape index (κ3) is 55.0. The van der Waals surface area contributed by atoms with Gasteiger partial charge in [0.25, 0.3) is 0 Å². The van der Waals surface area contributed by atoms with Gasteiger partial charge in [0, 0.05) is 12.8 Å². The summed E-state index contributed by atoms with van der Waals surface area (Å²) < 4.78 is 34.2. The third-order valence-corrected chi connectivity index (χ3v) is 13.5. The monoisotopic (exact) mass is 1000 g/mol. The molecule has 0 aromatic carbocycles. The van der Waals surface area contributed by atoms with Gasteiger partial charge >= 0.3 is 19.8 Å². The van der Waals surface area contributed by atoms with Crippen molar-refractivity contribution in [3.8, 4) is 0 Å². The predicted molar refractivity (Wildman–Crippen MR) is 298 cm³/mol. The summed E-state index contributed by atoms with van der Waals surface area (Å²) in [5.41, 5.74) is 0. The first kappa shape index (κ1) is 67.7. The van der Waals surface area contributed by atoms with Crippen molar-refractivity contribution in [1.82, 2.24) is 0 Å². The Morgan fingerprint density at radius 1 is 0.457 bits per heavy atom. The number of phosphoric acid groups is 1. The number of hydrogen-bond donors (Lipinski definition) is 1. The van der Waals surface area contributed by atoms with E-state index < -0.39 is 26.5 Å². The zero-order chi connectivity index (χ0) is 51.3. The molecule has 0 saturated carbocycles. The molecule has 9 nitrogen and oxygen atoms in total. The highest BCUT2D eigenvalue weighted by Crippen LogP contribution is 2.43. The molecule has 0 bridgehead atoms. The van der Waals surface area contributed by atoms with Gasteiger partial charge in [0.2, 0.25) is 0 Å². The number of hydrogen-bond acceptors (Lipinski definition) is 7. The van der Waals surface area contributed by atoms with Gasteiger partial charge in [-0.3, -0.25) is 18.6 Å². The maximum Gasteiger partial charge on any atom is 0.472 e. The number of quaternary nitrogens is 1. The van der Waals surface area contributed by atoms with Crippen LogP contribution in [0.15, 0.2) is 60.8 Å². The molecule has 0 spiro atoms. The predicted octanol–water partition coefficient (Wildman–Crippen LogP) is 17.9. The van der Waals surface area contributed by atoms with E-state index in [1.165, 1.54) is 148 Å². The molecule has 0 aromatic heterocycles. The summed E-state index contributed by atoms with van der Waals surface area (Å²) in [5.74, 6) is -0.803. The number of rotatable bonds is 53. The Morgan fingerprint density at radius 3 is 1.21 bits per heavy atom. The van der Waals surface area contributed by atoms with Gasteiger partial charge in [-0.05, 0) is 57.8 Å². The van der Waals surface area contributed by atoms with Crippen LogP contribution in [0.4, 0.5) is 0 Å². The van der Waals surface area contributed by atoms with E-state index in [1.54, 1.807) is 0 Å². The number of nitrogens with zero attached hydrogens (tertiary/aromatic N) is 1. The SMILES string of the molecule is CC/C=C\C/C=C\C/C=C\C/C=C\C/C=C\CCCCCCCCCCCCCCCCCCCCCCCCCCCC(=O)OC(COC(=O)CCCCCCC)COP(=O)(O)OCC[N+](C)(C)C. The fraction of sp³-hybridized carbons (Fsp3) is 0.800. The van der Waals surface area contributed by atoms with Crippen molar-refractivity contribution >= 4 is 19.8 Å². The Morgan fingerprint density at radius 2 is 0.814 bits per heavy atom. The van der Waals surface area contributed by atoms with Crippen LogP contribution < -0.4 is 0 Å². The Hall–Kier alpha value is -2.29. The summed E-state index contributed by atoms with van der Waals surface area (Å²) in [7, 11) is 1.48. The Bertz CT molecular complexity index is 1370. The van der Waals surface area contributed by atoms with Crippen LogP contribution in [-0.4, -0.2) is 74.9 Å². The minimum absolute atomic E-state index is 0.0334. The Balaban J connectivity index is 3.71. The normalized spacial score (nSPS) is 13.7. The van der Waals surface area contributed by atoms with Crippen molar-refractivity contribution in [3.05, 3.63) is 60.8 Å². The highest BCUT2D eigenvalue weighted by Gasteiger charge is 2.27. The fourth-order valence-electron chi connectivity index (χ4n) is 8.10. The number of ether oxygens (including phenoxy) is 2. The smallest absolute Gasteiger partial charge is 0.462 e. The molecule has 0 saturated heterocycles.